The van der Waals surface area contributed by atoms with Gasteiger partial charge in [0, 0.05) is 29.7 Å². The number of nitrogens with zero attached hydrogens (tertiary/aromatic N) is 1. The molecule has 0 spiro atoms. The number of nitrogens with two attached hydrogens (primary N) is 1. The average Bonchev–Trinajstić information content (AvgIpc) is 3.02. The van der Waals surface area contributed by atoms with E-state index in [1.165, 1.54) is 23.5 Å². The van der Waals surface area contributed by atoms with Crippen LogP contribution in [0.5, 0.6) is 0 Å². The van der Waals surface area contributed by atoms with E-state index in [2.05, 4.69) is 10.6 Å². The van der Waals surface area contributed by atoms with Crippen LogP contribution in [0.3, 0.4) is 0 Å². The van der Waals surface area contributed by atoms with E-state index in [-0.39, 0.29) is 29.9 Å². The molecule has 0 aromatic heterocycles. The summed E-state index contributed by atoms with van der Waals surface area (Å²) in [5.74, 6) is -0.867. The molecule has 11 heteroatoms. The van der Waals surface area contributed by atoms with E-state index in [0.29, 0.717) is 24.9 Å². The SMILES string of the molecule is COC(=O)N[C@H](C(=O)NC(C)(C)CCC[C@@H](CO)N(CC(C)C)S(=O)(=O)c1ccc(N)cc1)C(c1ccccc1)c1ccccc1. The molecule has 10 nitrogen and oxygen atoms in total. The number of hydrogen-bond donors (Lipinski definition) is 4. The summed E-state index contributed by atoms with van der Waals surface area (Å²) in [6.07, 6.45) is 0.643. The summed E-state index contributed by atoms with van der Waals surface area (Å²) >= 11 is 0. The predicted octanol–water partition coefficient (Wildman–Crippen LogP) is 4.90. The van der Waals surface area contributed by atoms with Crippen LogP contribution in [-0.2, 0) is 19.6 Å². The number of ether oxygens (including phenoxy) is 1. The second-order valence-corrected chi connectivity index (χ2v) is 14.4. The Balaban J connectivity index is 1.80. The van der Waals surface area contributed by atoms with Gasteiger partial charge in [-0.25, -0.2) is 13.2 Å². The topological polar surface area (TPSA) is 151 Å². The van der Waals surface area contributed by atoms with Gasteiger partial charge in [-0.05, 0) is 74.4 Å². The molecule has 0 unspecified atom stereocenters. The van der Waals surface area contributed by atoms with Gasteiger partial charge < -0.3 is 26.2 Å². The number of aliphatic hydroxyl groups is 1. The van der Waals surface area contributed by atoms with E-state index >= 15 is 0 Å². The van der Waals surface area contributed by atoms with E-state index in [1.807, 2.05) is 88.4 Å². The molecule has 2 amide bonds. The Bertz CT molecular complexity index is 1460. The molecule has 0 aliphatic rings. The molecule has 0 heterocycles. The molecule has 0 bridgehead atoms. The van der Waals surface area contributed by atoms with Crippen molar-refractivity contribution in [1.29, 1.82) is 0 Å². The number of amides is 2. The average molecular weight is 653 g/mol. The van der Waals surface area contributed by atoms with Gasteiger partial charge in [0.25, 0.3) is 0 Å². The number of anilines is 1. The maximum absolute atomic E-state index is 14.0. The van der Waals surface area contributed by atoms with Crippen LogP contribution < -0.4 is 16.4 Å². The van der Waals surface area contributed by atoms with Crippen molar-refractivity contribution in [2.75, 3.05) is 26.0 Å². The first-order valence-corrected chi connectivity index (χ1v) is 17.0. The number of aliphatic hydroxyl groups excluding tert-OH is 1. The smallest absolute Gasteiger partial charge is 0.407 e. The van der Waals surface area contributed by atoms with Crippen LogP contribution in [0.25, 0.3) is 0 Å². The number of carbonyl (C=O) groups is 2. The normalized spacial score (nSPS) is 13.4. The zero-order valence-corrected chi connectivity index (χ0v) is 28.2. The maximum atomic E-state index is 14.0. The molecule has 0 aliphatic heterocycles. The number of hydrogen-bond acceptors (Lipinski definition) is 7. The van der Waals surface area contributed by atoms with E-state index in [1.54, 1.807) is 12.1 Å². The fourth-order valence-corrected chi connectivity index (χ4v) is 7.35. The lowest BCUT2D eigenvalue weighted by molar-refractivity contribution is -0.125. The number of sulfonamides is 1. The van der Waals surface area contributed by atoms with Crippen LogP contribution in [0, 0.1) is 5.92 Å². The van der Waals surface area contributed by atoms with E-state index < -0.39 is 39.7 Å². The largest absolute Gasteiger partial charge is 0.453 e. The molecule has 0 radical (unpaired) electrons. The molecule has 3 aromatic rings. The van der Waals surface area contributed by atoms with Crippen LogP contribution in [0.4, 0.5) is 10.5 Å². The molecule has 2 atom stereocenters. The lowest BCUT2D eigenvalue weighted by Crippen LogP contribution is -2.55. The van der Waals surface area contributed by atoms with Crippen molar-refractivity contribution < 1.29 is 27.9 Å². The molecule has 46 heavy (non-hydrogen) atoms. The predicted molar refractivity (Wildman–Crippen MR) is 181 cm³/mol. The van der Waals surface area contributed by atoms with Gasteiger partial charge in [0.15, 0.2) is 0 Å². The Morgan fingerprint density at radius 1 is 0.935 bits per heavy atom. The van der Waals surface area contributed by atoms with Crippen LogP contribution in [0.2, 0.25) is 0 Å². The van der Waals surface area contributed by atoms with Crippen LogP contribution in [0.1, 0.15) is 64.0 Å². The highest BCUT2D eigenvalue weighted by molar-refractivity contribution is 7.89. The van der Waals surface area contributed by atoms with Crippen molar-refractivity contribution in [2.45, 2.75) is 75.4 Å². The first kappa shape index (κ1) is 36.5. The van der Waals surface area contributed by atoms with Crippen molar-refractivity contribution in [2.24, 2.45) is 5.92 Å². The van der Waals surface area contributed by atoms with E-state index in [9.17, 15) is 23.1 Å². The lowest BCUT2D eigenvalue weighted by Gasteiger charge is -2.34. The minimum absolute atomic E-state index is 0.0229. The second kappa shape index (κ2) is 16.6. The Hall–Kier alpha value is -3.93. The number of rotatable bonds is 16. The number of benzene rings is 3. The van der Waals surface area contributed by atoms with Crippen molar-refractivity contribution >= 4 is 27.7 Å². The van der Waals surface area contributed by atoms with E-state index in [0.717, 1.165) is 11.1 Å². The second-order valence-electron chi connectivity index (χ2n) is 12.6. The third-order valence-electron chi connectivity index (χ3n) is 7.84. The van der Waals surface area contributed by atoms with Crippen LogP contribution >= 0.6 is 0 Å². The number of alkyl carbamates (subject to hydrolysis) is 1. The standard InChI is InChI=1S/C35H48N4O6S/c1-25(2)23-39(46(43,44)30-20-18-28(36)19-21-30)29(24-40)17-12-22-35(3,4)38-33(41)32(37-34(42)45-5)31(26-13-8-6-9-14-26)27-15-10-7-11-16-27/h6-11,13-16,18-21,25,29,31-32,40H,12,17,22-24,36H2,1-5H3,(H,37,42)(H,38,41)/t29-,32-/m0/s1. The van der Waals surface area contributed by atoms with Crippen LogP contribution in [0.15, 0.2) is 89.8 Å². The Kier molecular flexibility index (Phi) is 13.2. The van der Waals surface area contributed by atoms with Crippen molar-refractivity contribution in [3.8, 4) is 0 Å². The minimum Gasteiger partial charge on any atom is -0.453 e. The van der Waals surface area contributed by atoms with Gasteiger partial charge in [0.2, 0.25) is 15.9 Å². The Morgan fingerprint density at radius 3 is 1.96 bits per heavy atom. The first-order valence-electron chi connectivity index (χ1n) is 15.5. The summed E-state index contributed by atoms with van der Waals surface area (Å²) < 4.78 is 33.5. The van der Waals surface area contributed by atoms with Gasteiger partial charge in [-0.2, -0.15) is 4.31 Å². The number of nitrogen functional groups attached to an aromatic ring is 1. The quantitative estimate of drug-likeness (QED) is 0.161. The van der Waals surface area contributed by atoms with Gasteiger partial charge in [-0.1, -0.05) is 74.5 Å². The molecule has 3 aromatic carbocycles. The zero-order valence-electron chi connectivity index (χ0n) is 27.3. The third-order valence-corrected chi connectivity index (χ3v) is 9.78. The van der Waals surface area contributed by atoms with Gasteiger partial charge in [0.1, 0.15) is 6.04 Å². The van der Waals surface area contributed by atoms with Crippen molar-refractivity contribution in [3.05, 3.63) is 96.1 Å². The monoisotopic (exact) mass is 652 g/mol. The summed E-state index contributed by atoms with van der Waals surface area (Å²) in [6, 6.07) is 23.4. The summed E-state index contributed by atoms with van der Waals surface area (Å²) in [6.45, 7) is 7.50. The van der Waals surface area contributed by atoms with Gasteiger partial charge in [0.05, 0.1) is 18.6 Å². The Labute approximate surface area is 273 Å². The fraction of sp³-hybridized carbons (Fsp3) is 0.429. The summed E-state index contributed by atoms with van der Waals surface area (Å²) in [5, 5.41) is 16.2. The number of carbonyl (C=O) groups excluding carboxylic acids is 2. The fourth-order valence-electron chi connectivity index (χ4n) is 5.54. The highest BCUT2D eigenvalue weighted by Gasteiger charge is 2.36. The minimum atomic E-state index is -3.90. The molecule has 250 valence electrons. The molecule has 3 rings (SSSR count). The third kappa shape index (κ3) is 10.0. The highest BCUT2D eigenvalue weighted by Crippen LogP contribution is 2.30. The van der Waals surface area contributed by atoms with Crippen LogP contribution in [-0.4, -0.2) is 67.7 Å². The molecule has 0 saturated carbocycles. The van der Waals surface area contributed by atoms with Gasteiger partial charge in [-0.3, -0.25) is 4.79 Å². The van der Waals surface area contributed by atoms with Crippen molar-refractivity contribution in [3.63, 3.8) is 0 Å². The zero-order chi connectivity index (χ0) is 33.9. The van der Waals surface area contributed by atoms with Crippen molar-refractivity contribution in [1.82, 2.24) is 14.9 Å². The number of nitrogens with one attached hydrogen (secondary N) is 2. The highest BCUT2D eigenvalue weighted by atomic mass is 32.2. The first-order chi connectivity index (χ1) is 21.8. The summed E-state index contributed by atoms with van der Waals surface area (Å²) in [7, 11) is -2.65. The molecule has 0 fully saturated rings. The van der Waals surface area contributed by atoms with Gasteiger partial charge in [-0.15, -0.1) is 0 Å². The Morgan fingerprint density at radius 2 is 1.48 bits per heavy atom. The molecule has 5 N–H and O–H groups in total. The molecule has 0 aliphatic carbocycles. The summed E-state index contributed by atoms with van der Waals surface area (Å²) in [5.41, 5.74) is 7.20. The van der Waals surface area contributed by atoms with E-state index in [4.69, 9.17) is 10.5 Å². The number of methoxy groups -OCH3 is 1. The maximum Gasteiger partial charge on any atom is 0.407 e. The van der Waals surface area contributed by atoms with Gasteiger partial charge >= 0.3 is 6.09 Å². The summed E-state index contributed by atoms with van der Waals surface area (Å²) in [4.78, 5) is 26.6. The lowest BCUT2D eigenvalue weighted by atomic mass is 9.84. The molecular weight excluding hydrogens is 604 g/mol. The molecule has 0 saturated heterocycles. The molecular formula is C35H48N4O6S.